The molecule has 1 rings (SSSR count). The lowest BCUT2D eigenvalue weighted by Gasteiger charge is -2.23. The highest BCUT2D eigenvalue weighted by molar-refractivity contribution is 5.83. The summed E-state index contributed by atoms with van der Waals surface area (Å²) in [5.74, 6) is 0.344. The molecule has 1 aliphatic rings. The number of ether oxygens (including phenoxy) is 1. The Hall–Kier alpha value is -1.06. The fourth-order valence-corrected chi connectivity index (χ4v) is 1.79. The predicted octanol–water partition coefficient (Wildman–Crippen LogP) is 1.44. The monoisotopic (exact) mass is 227 g/mol. The summed E-state index contributed by atoms with van der Waals surface area (Å²) in [6.07, 6.45) is 2.29. The van der Waals surface area contributed by atoms with E-state index in [0.29, 0.717) is 19.1 Å². The van der Waals surface area contributed by atoms with Crippen LogP contribution in [-0.4, -0.2) is 36.5 Å². The van der Waals surface area contributed by atoms with Crippen LogP contribution in [0, 0.1) is 11.8 Å². The molecule has 1 atom stereocenters. The van der Waals surface area contributed by atoms with Gasteiger partial charge in [0.15, 0.2) is 0 Å². The predicted molar refractivity (Wildman–Crippen MR) is 60.8 cm³/mol. The average molecular weight is 227 g/mol. The van der Waals surface area contributed by atoms with Gasteiger partial charge in [0, 0.05) is 12.5 Å². The lowest BCUT2D eigenvalue weighted by atomic mass is 10.1. The van der Waals surface area contributed by atoms with Gasteiger partial charge in [-0.15, -0.1) is 0 Å². The molecule has 1 saturated carbocycles. The number of nitrogens with zero attached hydrogens (tertiary/aromatic N) is 1. The standard InChI is InChI=1S/C12H21NO3/c1-4-13(8-11(14)16-5-2)12(15)9(3)10-6-7-10/h9-10H,4-8H2,1-3H3. The molecule has 0 aromatic heterocycles. The van der Waals surface area contributed by atoms with Gasteiger partial charge < -0.3 is 9.64 Å². The van der Waals surface area contributed by atoms with E-state index >= 15 is 0 Å². The number of carbonyl (C=O) groups is 2. The van der Waals surface area contributed by atoms with Crippen LogP contribution in [0.25, 0.3) is 0 Å². The van der Waals surface area contributed by atoms with Gasteiger partial charge in [-0.05, 0) is 32.6 Å². The van der Waals surface area contributed by atoms with Crippen LogP contribution in [0.4, 0.5) is 0 Å². The molecule has 0 aromatic rings. The molecule has 1 aliphatic carbocycles. The molecule has 0 heterocycles. The van der Waals surface area contributed by atoms with E-state index in [-0.39, 0.29) is 24.3 Å². The molecule has 1 amide bonds. The number of carbonyl (C=O) groups excluding carboxylic acids is 2. The maximum atomic E-state index is 12.0. The number of hydrogen-bond donors (Lipinski definition) is 0. The molecule has 1 fully saturated rings. The Morgan fingerprint density at radius 1 is 1.38 bits per heavy atom. The van der Waals surface area contributed by atoms with Crippen LogP contribution >= 0.6 is 0 Å². The van der Waals surface area contributed by atoms with Crippen LogP contribution < -0.4 is 0 Å². The van der Waals surface area contributed by atoms with Gasteiger partial charge in [0.25, 0.3) is 0 Å². The lowest BCUT2D eigenvalue weighted by molar-refractivity contribution is -0.150. The Kier molecular flexibility index (Phi) is 4.77. The summed E-state index contributed by atoms with van der Waals surface area (Å²) in [7, 11) is 0. The molecule has 92 valence electrons. The van der Waals surface area contributed by atoms with Gasteiger partial charge in [-0.3, -0.25) is 9.59 Å². The van der Waals surface area contributed by atoms with Crippen LogP contribution in [0.3, 0.4) is 0 Å². The number of likely N-dealkylation sites (N-methyl/N-ethyl adjacent to an activating group) is 1. The SMILES string of the molecule is CCOC(=O)CN(CC)C(=O)C(C)C1CC1. The molecule has 0 radical (unpaired) electrons. The third-order valence-corrected chi connectivity index (χ3v) is 3.04. The van der Waals surface area contributed by atoms with Crippen LogP contribution in [0.5, 0.6) is 0 Å². The number of rotatable bonds is 6. The van der Waals surface area contributed by atoms with Crippen molar-refractivity contribution in [2.45, 2.75) is 33.6 Å². The molecule has 0 bridgehead atoms. The second-order valence-electron chi connectivity index (χ2n) is 4.28. The molecular formula is C12H21NO3. The first-order chi connectivity index (χ1) is 7.60. The Labute approximate surface area is 96.9 Å². The van der Waals surface area contributed by atoms with Crippen molar-refractivity contribution in [2.75, 3.05) is 19.7 Å². The Morgan fingerprint density at radius 3 is 2.44 bits per heavy atom. The maximum absolute atomic E-state index is 12.0. The summed E-state index contributed by atoms with van der Waals surface area (Å²) < 4.78 is 4.85. The minimum Gasteiger partial charge on any atom is -0.465 e. The van der Waals surface area contributed by atoms with E-state index in [1.165, 1.54) is 0 Å². The second kappa shape index (κ2) is 5.87. The average Bonchev–Trinajstić information content (AvgIpc) is 3.08. The van der Waals surface area contributed by atoms with Crippen LogP contribution in [0.1, 0.15) is 33.6 Å². The lowest BCUT2D eigenvalue weighted by Crippen LogP contribution is -2.39. The van der Waals surface area contributed by atoms with E-state index in [2.05, 4.69) is 0 Å². The first kappa shape index (κ1) is 13.0. The highest BCUT2D eigenvalue weighted by atomic mass is 16.5. The second-order valence-corrected chi connectivity index (χ2v) is 4.28. The fourth-order valence-electron chi connectivity index (χ4n) is 1.79. The molecule has 0 aliphatic heterocycles. The van der Waals surface area contributed by atoms with Crippen molar-refractivity contribution < 1.29 is 14.3 Å². The topological polar surface area (TPSA) is 46.6 Å². The highest BCUT2D eigenvalue weighted by Gasteiger charge is 2.35. The molecular weight excluding hydrogens is 206 g/mol. The van der Waals surface area contributed by atoms with E-state index < -0.39 is 0 Å². The normalized spacial score (nSPS) is 16.7. The molecule has 0 spiro atoms. The molecule has 0 N–H and O–H groups in total. The van der Waals surface area contributed by atoms with Crippen LogP contribution in [0.2, 0.25) is 0 Å². The summed E-state index contributed by atoms with van der Waals surface area (Å²) >= 11 is 0. The fraction of sp³-hybridized carbons (Fsp3) is 0.833. The van der Waals surface area contributed by atoms with Gasteiger partial charge in [-0.1, -0.05) is 6.92 Å². The molecule has 0 saturated heterocycles. The van der Waals surface area contributed by atoms with E-state index in [9.17, 15) is 9.59 Å². The van der Waals surface area contributed by atoms with Crippen molar-refractivity contribution in [1.29, 1.82) is 0 Å². The van der Waals surface area contributed by atoms with Gasteiger partial charge in [0.1, 0.15) is 6.54 Å². The first-order valence-corrected chi connectivity index (χ1v) is 6.04. The van der Waals surface area contributed by atoms with E-state index in [1.807, 2.05) is 13.8 Å². The van der Waals surface area contributed by atoms with Crippen molar-refractivity contribution >= 4 is 11.9 Å². The van der Waals surface area contributed by atoms with E-state index in [4.69, 9.17) is 4.74 Å². The summed E-state index contributed by atoms with van der Waals surface area (Å²) in [6, 6.07) is 0. The smallest absolute Gasteiger partial charge is 0.325 e. The van der Waals surface area contributed by atoms with Crippen LogP contribution in [-0.2, 0) is 14.3 Å². The van der Waals surface area contributed by atoms with Crippen molar-refractivity contribution in [1.82, 2.24) is 4.90 Å². The summed E-state index contributed by atoms with van der Waals surface area (Å²) in [5, 5.41) is 0. The molecule has 4 nitrogen and oxygen atoms in total. The largest absolute Gasteiger partial charge is 0.465 e. The number of esters is 1. The zero-order chi connectivity index (χ0) is 12.1. The van der Waals surface area contributed by atoms with Crippen molar-refractivity contribution in [3.63, 3.8) is 0 Å². The molecule has 4 heteroatoms. The summed E-state index contributed by atoms with van der Waals surface area (Å²) in [6.45, 7) is 6.62. The molecule has 16 heavy (non-hydrogen) atoms. The summed E-state index contributed by atoms with van der Waals surface area (Å²) in [5.41, 5.74) is 0. The molecule has 1 unspecified atom stereocenters. The van der Waals surface area contributed by atoms with Crippen molar-refractivity contribution in [3.8, 4) is 0 Å². The van der Waals surface area contributed by atoms with E-state index in [0.717, 1.165) is 12.8 Å². The molecule has 0 aromatic carbocycles. The Bertz CT molecular complexity index is 261. The Balaban J connectivity index is 2.45. The highest BCUT2D eigenvalue weighted by Crippen LogP contribution is 2.37. The van der Waals surface area contributed by atoms with Gasteiger partial charge >= 0.3 is 5.97 Å². The Morgan fingerprint density at radius 2 is 2.00 bits per heavy atom. The van der Waals surface area contributed by atoms with Gasteiger partial charge in [-0.2, -0.15) is 0 Å². The summed E-state index contributed by atoms with van der Waals surface area (Å²) in [4.78, 5) is 24.9. The van der Waals surface area contributed by atoms with Crippen molar-refractivity contribution in [3.05, 3.63) is 0 Å². The minimum atomic E-state index is -0.319. The third kappa shape index (κ3) is 3.51. The zero-order valence-electron chi connectivity index (χ0n) is 10.4. The van der Waals surface area contributed by atoms with Crippen LogP contribution in [0.15, 0.2) is 0 Å². The van der Waals surface area contributed by atoms with Gasteiger partial charge in [0.05, 0.1) is 6.61 Å². The van der Waals surface area contributed by atoms with E-state index in [1.54, 1.807) is 11.8 Å². The quantitative estimate of drug-likeness (QED) is 0.645. The third-order valence-electron chi connectivity index (χ3n) is 3.04. The maximum Gasteiger partial charge on any atom is 0.325 e. The van der Waals surface area contributed by atoms with Crippen molar-refractivity contribution in [2.24, 2.45) is 11.8 Å². The van der Waals surface area contributed by atoms with Gasteiger partial charge in [0.2, 0.25) is 5.91 Å². The minimum absolute atomic E-state index is 0.0503. The number of amides is 1. The zero-order valence-corrected chi connectivity index (χ0v) is 10.4. The van der Waals surface area contributed by atoms with Gasteiger partial charge in [-0.25, -0.2) is 0 Å². The first-order valence-electron chi connectivity index (χ1n) is 6.04. The number of hydrogen-bond acceptors (Lipinski definition) is 3.